The molecule has 0 N–H and O–H groups in total. The minimum Gasteiger partial charge on any atom is -0.497 e. The maximum atomic E-state index is 11.6. The summed E-state index contributed by atoms with van der Waals surface area (Å²) in [7, 11) is 1.60. The van der Waals surface area contributed by atoms with Crippen LogP contribution in [0.3, 0.4) is 0 Å². The van der Waals surface area contributed by atoms with E-state index in [1.165, 1.54) is 0 Å². The zero-order valence-electron chi connectivity index (χ0n) is 14.3. The normalized spacial score (nSPS) is 10.5. The molecule has 0 fully saturated rings. The van der Waals surface area contributed by atoms with E-state index < -0.39 is 0 Å². The second-order valence-electron chi connectivity index (χ2n) is 5.58. The highest BCUT2D eigenvalue weighted by Gasteiger charge is 2.10. The van der Waals surface area contributed by atoms with Gasteiger partial charge in [-0.3, -0.25) is 4.79 Å². The number of carbonyl (C=O) groups is 1. The highest BCUT2D eigenvalue weighted by atomic mass is 16.5. The lowest BCUT2D eigenvalue weighted by atomic mass is 10.0. The van der Waals surface area contributed by atoms with E-state index in [0.717, 1.165) is 23.0 Å². The van der Waals surface area contributed by atoms with Gasteiger partial charge in [-0.25, -0.2) is 0 Å². The lowest BCUT2D eigenvalue weighted by Crippen LogP contribution is -2.00. The number of rotatable bonds is 7. The van der Waals surface area contributed by atoms with Gasteiger partial charge in [-0.2, -0.15) is 0 Å². The Labute approximate surface area is 143 Å². The summed E-state index contributed by atoms with van der Waals surface area (Å²) in [6.45, 7) is 4.42. The first-order chi connectivity index (χ1) is 11.6. The first-order valence-corrected chi connectivity index (χ1v) is 7.80. The third-order valence-corrected chi connectivity index (χ3v) is 3.49. The summed E-state index contributed by atoms with van der Waals surface area (Å²) in [4.78, 5) is 11.6. The van der Waals surface area contributed by atoms with E-state index in [4.69, 9.17) is 9.47 Å². The van der Waals surface area contributed by atoms with Gasteiger partial charge in [-0.05, 0) is 37.1 Å². The van der Waals surface area contributed by atoms with Crippen molar-refractivity contribution < 1.29 is 14.3 Å². The Morgan fingerprint density at radius 2 is 1.83 bits per heavy atom. The summed E-state index contributed by atoms with van der Waals surface area (Å²) < 4.78 is 11.1. The largest absolute Gasteiger partial charge is 0.497 e. The summed E-state index contributed by atoms with van der Waals surface area (Å²) >= 11 is 0. The number of hydrogen-bond acceptors (Lipinski definition) is 3. The Morgan fingerprint density at radius 1 is 1.08 bits per heavy atom. The van der Waals surface area contributed by atoms with E-state index in [1.807, 2.05) is 68.5 Å². The summed E-state index contributed by atoms with van der Waals surface area (Å²) in [5.41, 5.74) is 3.50. The van der Waals surface area contributed by atoms with Crippen LogP contribution in [0.4, 0.5) is 0 Å². The van der Waals surface area contributed by atoms with Crippen LogP contribution in [0.5, 0.6) is 11.5 Å². The molecule has 0 radical (unpaired) electrons. The number of methoxy groups -OCH3 is 1. The summed E-state index contributed by atoms with van der Waals surface area (Å²) in [6.07, 6.45) is 6.65. The van der Waals surface area contributed by atoms with Crippen molar-refractivity contribution in [2.75, 3.05) is 13.7 Å². The van der Waals surface area contributed by atoms with E-state index in [-0.39, 0.29) is 0 Å². The zero-order chi connectivity index (χ0) is 17.4. The van der Waals surface area contributed by atoms with Crippen LogP contribution in [0.1, 0.15) is 35.3 Å². The van der Waals surface area contributed by atoms with E-state index >= 15 is 0 Å². The molecule has 0 saturated carbocycles. The Kier molecular flexibility index (Phi) is 6.38. The van der Waals surface area contributed by atoms with Crippen molar-refractivity contribution in [1.29, 1.82) is 0 Å². The summed E-state index contributed by atoms with van der Waals surface area (Å²) in [5.74, 6) is 1.18. The van der Waals surface area contributed by atoms with Gasteiger partial charge >= 0.3 is 0 Å². The highest BCUT2D eigenvalue weighted by molar-refractivity contribution is 5.89. The molecular weight excluding hydrogens is 300 g/mol. The van der Waals surface area contributed by atoms with Gasteiger partial charge in [0.1, 0.15) is 18.1 Å². The average Bonchev–Trinajstić information content (AvgIpc) is 2.60. The first-order valence-electron chi connectivity index (χ1n) is 7.80. The minimum atomic E-state index is 0.415. The first kappa shape index (κ1) is 17.5. The fourth-order valence-corrected chi connectivity index (χ4v) is 2.17. The molecular formula is C21H22O3. The van der Waals surface area contributed by atoms with Crippen LogP contribution >= 0.6 is 0 Å². The number of ether oxygens (including phenoxy) is 2. The number of benzene rings is 2. The van der Waals surface area contributed by atoms with E-state index in [1.54, 1.807) is 13.2 Å². The van der Waals surface area contributed by atoms with Crippen LogP contribution < -0.4 is 9.47 Å². The predicted octanol–water partition coefficient (Wildman–Crippen LogP) is 5.02. The van der Waals surface area contributed by atoms with Gasteiger partial charge in [-0.1, -0.05) is 48.1 Å². The van der Waals surface area contributed by atoms with Crippen molar-refractivity contribution in [3.63, 3.8) is 0 Å². The van der Waals surface area contributed by atoms with Crippen molar-refractivity contribution in [2.45, 2.75) is 13.8 Å². The molecule has 0 aliphatic rings. The van der Waals surface area contributed by atoms with Gasteiger partial charge in [0.2, 0.25) is 0 Å². The SMILES string of the molecule is COc1cc(/C=C/c2ccccc2)c(C=O)c(OCC=C(C)C)c1. The molecule has 3 nitrogen and oxygen atoms in total. The van der Waals surface area contributed by atoms with Crippen molar-refractivity contribution >= 4 is 18.4 Å². The number of allylic oxidation sites excluding steroid dienone is 1. The van der Waals surface area contributed by atoms with E-state index in [9.17, 15) is 4.79 Å². The molecule has 0 bridgehead atoms. The highest BCUT2D eigenvalue weighted by Crippen LogP contribution is 2.29. The Hall–Kier alpha value is -2.81. The Balaban J connectivity index is 2.36. The second-order valence-corrected chi connectivity index (χ2v) is 5.58. The monoisotopic (exact) mass is 322 g/mol. The van der Waals surface area contributed by atoms with Crippen molar-refractivity contribution in [3.05, 3.63) is 70.8 Å². The average molecular weight is 322 g/mol. The van der Waals surface area contributed by atoms with Crippen LogP contribution in [0.2, 0.25) is 0 Å². The zero-order valence-corrected chi connectivity index (χ0v) is 14.3. The molecule has 0 aliphatic carbocycles. The molecule has 2 rings (SSSR count). The molecule has 0 spiro atoms. The van der Waals surface area contributed by atoms with Crippen molar-refractivity contribution in [3.8, 4) is 11.5 Å². The number of aldehydes is 1. The fourth-order valence-electron chi connectivity index (χ4n) is 2.17. The topological polar surface area (TPSA) is 35.5 Å². The predicted molar refractivity (Wildman–Crippen MR) is 98.7 cm³/mol. The van der Waals surface area contributed by atoms with Crippen LogP contribution in [-0.2, 0) is 0 Å². The summed E-state index contributed by atoms with van der Waals surface area (Å²) in [5, 5.41) is 0. The standard InChI is InChI=1S/C21H22O3/c1-16(2)11-12-24-21-14-19(23-3)13-18(20(21)15-22)10-9-17-7-5-4-6-8-17/h4-11,13-15H,12H2,1-3H3/b10-9+. The molecule has 2 aromatic rings. The van der Waals surface area contributed by atoms with Crippen molar-refractivity contribution in [2.24, 2.45) is 0 Å². The van der Waals surface area contributed by atoms with Gasteiger partial charge < -0.3 is 9.47 Å². The molecule has 0 amide bonds. The smallest absolute Gasteiger partial charge is 0.154 e. The van der Waals surface area contributed by atoms with Gasteiger partial charge in [0.25, 0.3) is 0 Å². The molecule has 0 heterocycles. The maximum absolute atomic E-state index is 11.6. The van der Waals surface area contributed by atoms with Gasteiger partial charge in [0.05, 0.1) is 12.7 Å². The van der Waals surface area contributed by atoms with Crippen LogP contribution in [-0.4, -0.2) is 20.0 Å². The molecule has 124 valence electrons. The second kappa shape index (κ2) is 8.73. The molecule has 24 heavy (non-hydrogen) atoms. The molecule has 0 aromatic heterocycles. The summed E-state index contributed by atoms with van der Waals surface area (Å²) in [6, 6.07) is 13.5. The molecule has 0 aliphatic heterocycles. The lowest BCUT2D eigenvalue weighted by Gasteiger charge is -2.12. The fraction of sp³-hybridized carbons (Fsp3) is 0.190. The lowest BCUT2D eigenvalue weighted by molar-refractivity contribution is 0.112. The van der Waals surface area contributed by atoms with E-state index in [2.05, 4.69) is 0 Å². The van der Waals surface area contributed by atoms with Gasteiger partial charge in [0.15, 0.2) is 6.29 Å². The maximum Gasteiger partial charge on any atom is 0.154 e. The Morgan fingerprint density at radius 3 is 2.46 bits per heavy atom. The number of carbonyl (C=O) groups excluding carboxylic acids is 1. The third-order valence-electron chi connectivity index (χ3n) is 3.49. The molecule has 0 saturated heterocycles. The van der Waals surface area contributed by atoms with Gasteiger partial charge in [-0.15, -0.1) is 0 Å². The molecule has 0 atom stereocenters. The minimum absolute atomic E-state index is 0.415. The van der Waals surface area contributed by atoms with Gasteiger partial charge in [0, 0.05) is 6.07 Å². The van der Waals surface area contributed by atoms with E-state index in [0.29, 0.717) is 23.7 Å². The molecule has 3 heteroatoms. The van der Waals surface area contributed by atoms with Crippen LogP contribution in [0, 0.1) is 0 Å². The third kappa shape index (κ3) is 4.85. The van der Waals surface area contributed by atoms with Crippen LogP contribution in [0.25, 0.3) is 12.2 Å². The molecule has 0 unspecified atom stereocenters. The number of hydrogen-bond donors (Lipinski definition) is 0. The quantitative estimate of drug-likeness (QED) is 0.408. The Bertz CT molecular complexity index is 739. The van der Waals surface area contributed by atoms with Crippen LogP contribution in [0.15, 0.2) is 54.1 Å². The van der Waals surface area contributed by atoms with Crippen molar-refractivity contribution in [1.82, 2.24) is 0 Å². The molecule has 2 aromatic carbocycles.